The van der Waals surface area contributed by atoms with E-state index in [0.29, 0.717) is 22.7 Å². The van der Waals surface area contributed by atoms with Crippen molar-refractivity contribution in [3.63, 3.8) is 0 Å². The van der Waals surface area contributed by atoms with Crippen molar-refractivity contribution in [3.05, 3.63) is 82.8 Å². The van der Waals surface area contributed by atoms with E-state index in [1.807, 2.05) is 55.5 Å². The fourth-order valence-electron chi connectivity index (χ4n) is 3.60. The van der Waals surface area contributed by atoms with Crippen LogP contribution in [0, 0.1) is 6.92 Å². The molecule has 0 aliphatic carbocycles. The van der Waals surface area contributed by atoms with Gasteiger partial charge in [0.15, 0.2) is 0 Å². The summed E-state index contributed by atoms with van der Waals surface area (Å²) in [6, 6.07) is 21.1. The van der Waals surface area contributed by atoms with Gasteiger partial charge < -0.3 is 16.0 Å². The third-order valence-electron chi connectivity index (χ3n) is 5.24. The van der Waals surface area contributed by atoms with Crippen LogP contribution in [0.3, 0.4) is 0 Å². The van der Waals surface area contributed by atoms with Gasteiger partial charge in [0.05, 0.1) is 17.8 Å². The van der Waals surface area contributed by atoms with Crippen molar-refractivity contribution in [1.82, 2.24) is 0 Å². The number of aryl methyl sites for hydroxylation is 1. The molecule has 3 amide bonds. The normalized spacial score (nSPS) is 14.8. The van der Waals surface area contributed by atoms with Gasteiger partial charge in [-0.05, 0) is 55.5 Å². The van der Waals surface area contributed by atoms with Crippen LogP contribution in [0.25, 0.3) is 0 Å². The van der Waals surface area contributed by atoms with Crippen molar-refractivity contribution in [2.24, 2.45) is 0 Å². The second kappa shape index (κ2) is 9.87. The molecule has 1 atom stereocenters. The molecule has 4 rings (SSSR count). The number of para-hydroxylation sites is 2. The first kappa shape index (κ1) is 22.5. The van der Waals surface area contributed by atoms with Gasteiger partial charge in [0.1, 0.15) is 12.6 Å². The lowest BCUT2D eigenvalue weighted by Gasteiger charge is -2.34. The lowest BCUT2D eigenvalue weighted by molar-refractivity contribution is -0.124. The standard InChI is InChI=1S/C25H23BrN4O3/c1-16-6-10-18(11-7-16)27-23(31)14-21-25(33)30(22-5-3-2-4-20(22)29-21)15-24(32)28-19-12-8-17(26)9-13-19/h2-13,21,29H,14-15H2,1H3,(H,27,31)(H,28,32)/t21-/m0/s1. The summed E-state index contributed by atoms with van der Waals surface area (Å²) in [6.45, 7) is 1.80. The zero-order valence-corrected chi connectivity index (χ0v) is 19.6. The molecule has 1 heterocycles. The topological polar surface area (TPSA) is 90.5 Å². The first-order valence-corrected chi connectivity index (χ1v) is 11.3. The summed E-state index contributed by atoms with van der Waals surface area (Å²) in [5, 5.41) is 8.77. The summed E-state index contributed by atoms with van der Waals surface area (Å²) in [6.07, 6.45) is -0.0636. The van der Waals surface area contributed by atoms with Crippen LogP contribution >= 0.6 is 15.9 Å². The molecule has 1 aliphatic heterocycles. The van der Waals surface area contributed by atoms with Crippen molar-refractivity contribution >= 4 is 56.4 Å². The van der Waals surface area contributed by atoms with E-state index in [0.717, 1.165) is 10.0 Å². The number of nitrogens with zero attached hydrogens (tertiary/aromatic N) is 1. The van der Waals surface area contributed by atoms with E-state index in [4.69, 9.17) is 0 Å². The molecule has 33 heavy (non-hydrogen) atoms. The molecular weight excluding hydrogens is 484 g/mol. The molecule has 1 aliphatic rings. The molecule has 3 aromatic carbocycles. The Balaban J connectivity index is 1.47. The number of carbonyl (C=O) groups is 3. The van der Waals surface area contributed by atoms with E-state index in [1.54, 1.807) is 24.3 Å². The first-order chi connectivity index (χ1) is 15.9. The van der Waals surface area contributed by atoms with E-state index in [1.165, 1.54) is 4.90 Å². The minimum Gasteiger partial charge on any atom is -0.372 e. The second-order valence-corrected chi connectivity index (χ2v) is 8.73. The highest BCUT2D eigenvalue weighted by molar-refractivity contribution is 9.10. The van der Waals surface area contributed by atoms with Gasteiger partial charge in [-0.25, -0.2) is 0 Å². The zero-order chi connectivity index (χ0) is 23.4. The monoisotopic (exact) mass is 506 g/mol. The number of amides is 3. The van der Waals surface area contributed by atoms with Crippen LogP contribution in [0.15, 0.2) is 77.3 Å². The van der Waals surface area contributed by atoms with Crippen molar-refractivity contribution in [3.8, 4) is 0 Å². The van der Waals surface area contributed by atoms with Gasteiger partial charge in [0.25, 0.3) is 5.91 Å². The average molecular weight is 507 g/mol. The maximum Gasteiger partial charge on any atom is 0.250 e. The number of anilines is 4. The van der Waals surface area contributed by atoms with Crippen molar-refractivity contribution in [2.75, 3.05) is 27.4 Å². The molecule has 0 aromatic heterocycles. The van der Waals surface area contributed by atoms with E-state index in [9.17, 15) is 14.4 Å². The molecule has 0 fully saturated rings. The Morgan fingerprint density at radius 2 is 1.52 bits per heavy atom. The van der Waals surface area contributed by atoms with Gasteiger partial charge in [0.2, 0.25) is 11.8 Å². The van der Waals surface area contributed by atoms with Gasteiger partial charge in [-0.1, -0.05) is 45.8 Å². The van der Waals surface area contributed by atoms with Gasteiger partial charge in [-0.3, -0.25) is 19.3 Å². The van der Waals surface area contributed by atoms with E-state index in [2.05, 4.69) is 31.9 Å². The predicted molar refractivity (Wildman–Crippen MR) is 133 cm³/mol. The lowest BCUT2D eigenvalue weighted by Crippen LogP contribution is -2.50. The molecule has 0 saturated heterocycles. The van der Waals surface area contributed by atoms with Crippen LogP contribution in [0.1, 0.15) is 12.0 Å². The lowest BCUT2D eigenvalue weighted by atomic mass is 10.1. The van der Waals surface area contributed by atoms with Crippen molar-refractivity contribution in [1.29, 1.82) is 0 Å². The van der Waals surface area contributed by atoms with E-state index < -0.39 is 6.04 Å². The quantitative estimate of drug-likeness (QED) is 0.457. The van der Waals surface area contributed by atoms with E-state index in [-0.39, 0.29) is 30.7 Å². The highest BCUT2D eigenvalue weighted by Gasteiger charge is 2.34. The fourth-order valence-corrected chi connectivity index (χ4v) is 3.86. The first-order valence-electron chi connectivity index (χ1n) is 10.5. The minimum absolute atomic E-state index is 0.0636. The molecule has 0 bridgehead atoms. The van der Waals surface area contributed by atoms with Crippen molar-refractivity contribution in [2.45, 2.75) is 19.4 Å². The summed E-state index contributed by atoms with van der Waals surface area (Å²) in [4.78, 5) is 40.0. The third kappa shape index (κ3) is 5.59. The summed E-state index contributed by atoms with van der Waals surface area (Å²) in [5.74, 6) is -0.952. The maximum atomic E-state index is 13.3. The van der Waals surface area contributed by atoms with Crippen LogP contribution in [0.5, 0.6) is 0 Å². The number of carbonyl (C=O) groups excluding carboxylic acids is 3. The summed E-state index contributed by atoms with van der Waals surface area (Å²) < 4.78 is 0.901. The van der Waals surface area contributed by atoms with Gasteiger partial charge in [0, 0.05) is 15.8 Å². The van der Waals surface area contributed by atoms with Crippen LogP contribution in [0.2, 0.25) is 0 Å². The Morgan fingerprint density at radius 3 is 2.21 bits per heavy atom. The Hall–Kier alpha value is -3.65. The SMILES string of the molecule is Cc1ccc(NC(=O)C[C@@H]2Nc3ccccc3N(CC(=O)Nc3ccc(Br)cc3)C2=O)cc1. The Labute approximate surface area is 200 Å². The molecule has 0 unspecified atom stereocenters. The molecule has 3 aromatic rings. The number of rotatable bonds is 6. The molecule has 168 valence electrons. The van der Waals surface area contributed by atoms with Crippen LogP contribution in [0.4, 0.5) is 22.7 Å². The van der Waals surface area contributed by atoms with Gasteiger partial charge in [-0.15, -0.1) is 0 Å². The smallest absolute Gasteiger partial charge is 0.250 e. The van der Waals surface area contributed by atoms with Crippen LogP contribution < -0.4 is 20.9 Å². The highest BCUT2D eigenvalue weighted by atomic mass is 79.9. The molecule has 0 saturated carbocycles. The molecule has 7 nitrogen and oxygen atoms in total. The maximum absolute atomic E-state index is 13.3. The average Bonchev–Trinajstić information content (AvgIpc) is 2.79. The largest absolute Gasteiger partial charge is 0.372 e. The number of hydrogen-bond acceptors (Lipinski definition) is 4. The fraction of sp³-hybridized carbons (Fsp3) is 0.160. The highest BCUT2D eigenvalue weighted by Crippen LogP contribution is 2.32. The third-order valence-corrected chi connectivity index (χ3v) is 5.77. The van der Waals surface area contributed by atoms with Gasteiger partial charge in [-0.2, -0.15) is 0 Å². The second-order valence-electron chi connectivity index (χ2n) is 7.81. The van der Waals surface area contributed by atoms with Gasteiger partial charge >= 0.3 is 0 Å². The molecular formula is C25H23BrN4O3. The summed E-state index contributed by atoms with van der Waals surface area (Å²) in [7, 11) is 0. The molecule has 3 N–H and O–H groups in total. The van der Waals surface area contributed by atoms with Crippen molar-refractivity contribution < 1.29 is 14.4 Å². The number of benzene rings is 3. The predicted octanol–water partition coefficient (Wildman–Crippen LogP) is 4.55. The summed E-state index contributed by atoms with van der Waals surface area (Å²) >= 11 is 3.36. The van der Waals surface area contributed by atoms with Crippen LogP contribution in [-0.4, -0.2) is 30.3 Å². The van der Waals surface area contributed by atoms with E-state index >= 15 is 0 Å². The Bertz CT molecular complexity index is 1180. The minimum atomic E-state index is -0.786. The molecule has 0 radical (unpaired) electrons. The number of fused-ring (bicyclic) bond motifs is 1. The number of hydrogen-bond donors (Lipinski definition) is 3. The number of nitrogens with one attached hydrogen (secondary N) is 3. The number of halogens is 1. The summed E-state index contributed by atoms with van der Waals surface area (Å²) in [5.41, 5.74) is 3.68. The zero-order valence-electron chi connectivity index (χ0n) is 18.0. The molecule has 8 heteroatoms. The Kier molecular flexibility index (Phi) is 6.74. The molecule has 0 spiro atoms. The Morgan fingerprint density at radius 1 is 0.909 bits per heavy atom. The van der Waals surface area contributed by atoms with Crippen LogP contribution in [-0.2, 0) is 14.4 Å².